The van der Waals surface area contributed by atoms with Crippen molar-refractivity contribution in [2.45, 2.75) is 42.4 Å². The van der Waals surface area contributed by atoms with Gasteiger partial charge in [-0.15, -0.1) is 16.2 Å². The number of amides is 1. The summed E-state index contributed by atoms with van der Waals surface area (Å²) in [7, 11) is -7.65. The first-order valence-corrected chi connectivity index (χ1v) is 13.0. The molecule has 1 aliphatic carbocycles. The summed E-state index contributed by atoms with van der Waals surface area (Å²) < 4.78 is 48.1. The Morgan fingerprint density at radius 2 is 1.89 bits per heavy atom. The van der Waals surface area contributed by atoms with E-state index in [-0.39, 0.29) is 9.79 Å². The Morgan fingerprint density at radius 3 is 2.57 bits per heavy atom. The van der Waals surface area contributed by atoms with E-state index in [1.54, 1.807) is 0 Å². The largest absolute Gasteiger partial charge is 0.276 e. The van der Waals surface area contributed by atoms with Crippen LogP contribution in [-0.4, -0.2) is 29.0 Å². The molecule has 0 saturated carbocycles. The number of fused-ring (bicyclic) bond motifs is 1. The molecular formula is C18H22N2O5S3. The van der Waals surface area contributed by atoms with E-state index in [0.29, 0.717) is 10.8 Å². The van der Waals surface area contributed by atoms with Gasteiger partial charge in [0.1, 0.15) is 0 Å². The van der Waals surface area contributed by atoms with Gasteiger partial charge in [-0.2, -0.15) is 0 Å². The highest BCUT2D eigenvalue weighted by Crippen LogP contribution is 2.33. The fourth-order valence-electron chi connectivity index (χ4n) is 3.17. The fourth-order valence-corrected chi connectivity index (χ4v) is 5.90. The minimum atomic E-state index is -4.10. The molecule has 0 fully saturated rings. The molecule has 28 heavy (non-hydrogen) atoms. The quantitative estimate of drug-likeness (QED) is 0.667. The van der Waals surface area contributed by atoms with E-state index in [1.165, 1.54) is 34.4 Å². The number of carbonyl (C=O) groups excluding carboxylic acids is 1. The topological polar surface area (TPSA) is 109 Å². The summed E-state index contributed by atoms with van der Waals surface area (Å²) in [6.07, 6.45) is 5.09. The number of aryl methyl sites for hydroxylation is 1. The maximum atomic E-state index is 12.4. The first kappa shape index (κ1) is 21.0. The van der Waals surface area contributed by atoms with Gasteiger partial charge in [0.15, 0.2) is 9.84 Å². The first-order chi connectivity index (χ1) is 13.1. The second-order valence-corrected chi connectivity index (χ2v) is 11.7. The van der Waals surface area contributed by atoms with Crippen LogP contribution in [-0.2, 0) is 32.7 Å². The molecule has 0 spiro atoms. The number of thiophene rings is 1. The van der Waals surface area contributed by atoms with E-state index in [0.717, 1.165) is 43.6 Å². The van der Waals surface area contributed by atoms with Gasteiger partial charge in [0.25, 0.3) is 15.9 Å². The molecule has 1 aliphatic rings. The Morgan fingerprint density at radius 1 is 1.18 bits per heavy atom. The highest BCUT2D eigenvalue weighted by atomic mass is 32.2. The van der Waals surface area contributed by atoms with Crippen LogP contribution in [0.4, 0.5) is 0 Å². The van der Waals surface area contributed by atoms with Crippen LogP contribution in [0, 0.1) is 5.92 Å². The Balaban J connectivity index is 1.72. The average molecular weight is 443 g/mol. The Hall–Kier alpha value is -1.75. The molecule has 1 heterocycles. The third kappa shape index (κ3) is 4.62. The maximum absolute atomic E-state index is 12.4. The number of benzene rings is 1. The lowest BCUT2D eigenvalue weighted by molar-refractivity contribution is 0.0949. The van der Waals surface area contributed by atoms with Crippen LogP contribution in [0.15, 0.2) is 40.1 Å². The molecule has 1 amide bonds. The lowest BCUT2D eigenvalue weighted by atomic mass is 9.87. The number of rotatable bonds is 6. The number of hydrazine groups is 1. The normalized spacial score (nSPS) is 17.1. The van der Waals surface area contributed by atoms with Crippen molar-refractivity contribution in [1.82, 2.24) is 10.3 Å². The summed E-state index contributed by atoms with van der Waals surface area (Å²) in [6.45, 7) is 2.16. The van der Waals surface area contributed by atoms with E-state index in [9.17, 15) is 21.6 Å². The molecule has 2 aromatic rings. The second-order valence-electron chi connectivity index (χ2n) is 6.88. The van der Waals surface area contributed by atoms with E-state index in [2.05, 4.69) is 12.3 Å². The lowest BCUT2D eigenvalue weighted by Crippen LogP contribution is -2.41. The van der Waals surface area contributed by atoms with Crippen molar-refractivity contribution in [2.24, 2.45) is 5.92 Å². The molecular weight excluding hydrogens is 420 g/mol. The number of hydrogen-bond acceptors (Lipinski definition) is 6. The molecule has 1 aromatic heterocycles. The molecule has 10 heteroatoms. The molecule has 152 valence electrons. The van der Waals surface area contributed by atoms with Gasteiger partial charge in [-0.3, -0.25) is 10.2 Å². The zero-order chi connectivity index (χ0) is 20.5. The highest BCUT2D eigenvalue weighted by Gasteiger charge is 2.23. The molecule has 2 N–H and O–H groups in total. The molecule has 1 atom stereocenters. The van der Waals surface area contributed by atoms with Gasteiger partial charge in [0, 0.05) is 11.1 Å². The van der Waals surface area contributed by atoms with Gasteiger partial charge in [-0.05, 0) is 55.0 Å². The van der Waals surface area contributed by atoms with Gasteiger partial charge >= 0.3 is 0 Å². The molecule has 0 unspecified atom stereocenters. The number of hydrogen-bond donors (Lipinski definition) is 2. The molecule has 0 radical (unpaired) electrons. The Labute approximate surface area is 169 Å². The van der Waals surface area contributed by atoms with Crippen LogP contribution >= 0.6 is 11.3 Å². The molecule has 0 aliphatic heterocycles. The number of carbonyl (C=O) groups is 1. The molecule has 3 rings (SSSR count). The zero-order valence-corrected chi connectivity index (χ0v) is 18.0. The summed E-state index contributed by atoms with van der Waals surface area (Å²) >= 11 is 1.38. The van der Waals surface area contributed by atoms with E-state index >= 15 is 0 Å². The predicted molar refractivity (Wildman–Crippen MR) is 107 cm³/mol. The van der Waals surface area contributed by atoms with Crippen molar-refractivity contribution < 1.29 is 21.6 Å². The standard InChI is InChI=1S/C18H22N2O5S3/c1-3-12-7-8-16-13(9-12)10-17(26-16)18(21)19-20-28(24,25)15-6-4-5-14(11-15)27(2,22)23/h4-6,10-12,20H,3,7-9H2,1-2H3,(H,19,21)/t12-/m0/s1. The van der Waals surface area contributed by atoms with Gasteiger partial charge < -0.3 is 0 Å². The molecule has 7 nitrogen and oxygen atoms in total. The Bertz CT molecular complexity index is 1100. The van der Waals surface area contributed by atoms with E-state index < -0.39 is 25.8 Å². The number of sulfonamides is 1. The minimum Gasteiger partial charge on any atom is -0.273 e. The van der Waals surface area contributed by atoms with Crippen molar-refractivity contribution in [1.29, 1.82) is 0 Å². The van der Waals surface area contributed by atoms with Crippen LogP contribution in [0.25, 0.3) is 0 Å². The van der Waals surface area contributed by atoms with Crippen molar-refractivity contribution >= 4 is 37.1 Å². The van der Waals surface area contributed by atoms with Crippen molar-refractivity contribution in [3.8, 4) is 0 Å². The molecule has 0 saturated heterocycles. The lowest BCUT2D eigenvalue weighted by Gasteiger charge is -2.19. The summed E-state index contributed by atoms with van der Waals surface area (Å²) in [5, 5.41) is 0. The van der Waals surface area contributed by atoms with Crippen molar-refractivity contribution in [3.63, 3.8) is 0 Å². The van der Waals surface area contributed by atoms with Gasteiger partial charge in [-0.25, -0.2) is 16.8 Å². The Kier molecular flexibility index (Phi) is 5.95. The van der Waals surface area contributed by atoms with E-state index in [4.69, 9.17) is 0 Å². The zero-order valence-electron chi connectivity index (χ0n) is 15.6. The smallest absolute Gasteiger partial charge is 0.273 e. The number of sulfone groups is 1. The SMILES string of the molecule is CC[C@H]1CCc2sc(C(=O)NNS(=O)(=O)c3cccc(S(C)(=O)=O)c3)cc2C1. The highest BCUT2D eigenvalue weighted by molar-refractivity contribution is 7.91. The van der Waals surface area contributed by atoms with Crippen LogP contribution in [0.2, 0.25) is 0 Å². The minimum absolute atomic E-state index is 0.113. The third-order valence-corrected chi connectivity index (χ3v) is 8.42. The fraction of sp³-hybridized carbons (Fsp3) is 0.389. The van der Waals surface area contributed by atoms with Crippen LogP contribution < -0.4 is 10.3 Å². The van der Waals surface area contributed by atoms with Gasteiger partial charge in [-0.1, -0.05) is 19.4 Å². The first-order valence-electron chi connectivity index (χ1n) is 8.84. The van der Waals surface area contributed by atoms with Crippen molar-refractivity contribution in [3.05, 3.63) is 45.6 Å². The van der Waals surface area contributed by atoms with E-state index in [1.807, 2.05) is 10.9 Å². The summed E-state index contributed by atoms with van der Waals surface area (Å²) in [4.78, 5) is 15.7. The molecule has 1 aromatic carbocycles. The monoisotopic (exact) mass is 442 g/mol. The second kappa shape index (κ2) is 7.94. The van der Waals surface area contributed by atoms with Crippen LogP contribution in [0.1, 0.15) is 39.9 Å². The maximum Gasteiger partial charge on any atom is 0.276 e. The molecule has 0 bridgehead atoms. The number of nitrogens with one attached hydrogen (secondary N) is 2. The van der Waals surface area contributed by atoms with Gasteiger partial charge in [0.05, 0.1) is 14.7 Å². The van der Waals surface area contributed by atoms with Crippen molar-refractivity contribution in [2.75, 3.05) is 6.26 Å². The summed E-state index contributed by atoms with van der Waals surface area (Å²) in [5.74, 6) is 0.0916. The third-order valence-electron chi connectivity index (χ3n) is 4.83. The van der Waals surface area contributed by atoms with Crippen LogP contribution in [0.5, 0.6) is 0 Å². The van der Waals surface area contributed by atoms with Gasteiger partial charge in [0.2, 0.25) is 0 Å². The predicted octanol–water partition coefficient (Wildman–Crippen LogP) is 2.29. The summed E-state index contributed by atoms with van der Waals surface area (Å²) in [5.41, 5.74) is 3.38. The average Bonchev–Trinajstić information content (AvgIpc) is 3.09. The summed E-state index contributed by atoms with van der Waals surface area (Å²) in [6, 6.07) is 6.79. The van der Waals surface area contributed by atoms with Crippen LogP contribution in [0.3, 0.4) is 0 Å².